The van der Waals surface area contributed by atoms with E-state index in [1.807, 2.05) is 68.4 Å². The summed E-state index contributed by atoms with van der Waals surface area (Å²) < 4.78 is 19.4. The summed E-state index contributed by atoms with van der Waals surface area (Å²) in [5.74, 6) is -0.785. The molecule has 0 unspecified atom stereocenters. The molecule has 0 saturated carbocycles. The number of aliphatic hydroxyl groups is 1. The van der Waals surface area contributed by atoms with Crippen LogP contribution in [0.2, 0.25) is 0 Å². The highest BCUT2D eigenvalue weighted by Gasteiger charge is 2.45. The highest BCUT2D eigenvalue weighted by Crippen LogP contribution is 2.41. The maximum atomic E-state index is 11.6. The first-order valence-electron chi connectivity index (χ1n) is 17.0. The molecule has 238 valence electrons. The largest absolute Gasteiger partial charge is 0.388 e. The standard InChI is InChI=1S/C40H54O4/c1-4-5-6-7-8-9-10-11-12-13-14-24-31-37-38(44-39(2,3)43-37)36(41)32-42-40(33-25-18-15-19-26-33,34-27-20-16-21-28-34)35-29-22-17-23-30-35/h15-31,36-38,41H,4-14,32H2,1-3H3/b31-24+/t36-,37-,38+/m1/s1. The molecule has 44 heavy (non-hydrogen) atoms. The molecule has 0 amide bonds. The second-order valence-electron chi connectivity index (χ2n) is 12.6. The van der Waals surface area contributed by atoms with E-state index >= 15 is 0 Å². The van der Waals surface area contributed by atoms with Crippen LogP contribution in [0.25, 0.3) is 0 Å². The van der Waals surface area contributed by atoms with Crippen LogP contribution in [-0.2, 0) is 19.8 Å². The van der Waals surface area contributed by atoms with Gasteiger partial charge in [-0.15, -0.1) is 0 Å². The minimum atomic E-state index is -0.902. The van der Waals surface area contributed by atoms with Gasteiger partial charge in [-0.1, -0.05) is 168 Å². The molecule has 3 atom stereocenters. The van der Waals surface area contributed by atoms with Gasteiger partial charge in [-0.3, -0.25) is 0 Å². The summed E-state index contributed by atoms with van der Waals surface area (Å²) in [7, 11) is 0. The van der Waals surface area contributed by atoms with Gasteiger partial charge < -0.3 is 19.3 Å². The Morgan fingerprint density at radius 3 is 1.64 bits per heavy atom. The molecule has 1 saturated heterocycles. The number of ether oxygens (including phenoxy) is 3. The molecule has 1 N–H and O–H groups in total. The summed E-state index contributed by atoms with van der Waals surface area (Å²) in [6, 6.07) is 30.7. The first-order chi connectivity index (χ1) is 21.5. The average molecular weight is 599 g/mol. The monoisotopic (exact) mass is 598 g/mol. The number of hydrogen-bond donors (Lipinski definition) is 1. The zero-order valence-electron chi connectivity index (χ0n) is 27.2. The van der Waals surface area contributed by atoms with Gasteiger partial charge >= 0.3 is 0 Å². The van der Waals surface area contributed by atoms with Crippen molar-refractivity contribution in [1.29, 1.82) is 0 Å². The summed E-state index contributed by atoms with van der Waals surface area (Å²) >= 11 is 0. The van der Waals surface area contributed by atoms with E-state index in [4.69, 9.17) is 14.2 Å². The van der Waals surface area contributed by atoms with E-state index in [2.05, 4.69) is 55.5 Å². The second kappa shape index (κ2) is 17.7. The van der Waals surface area contributed by atoms with Crippen LogP contribution in [0.5, 0.6) is 0 Å². The molecule has 1 heterocycles. The number of benzene rings is 3. The minimum absolute atomic E-state index is 0.0750. The first-order valence-corrected chi connectivity index (χ1v) is 17.0. The van der Waals surface area contributed by atoms with Gasteiger partial charge in [0.05, 0.1) is 6.61 Å². The van der Waals surface area contributed by atoms with Gasteiger partial charge in [-0.25, -0.2) is 0 Å². The maximum absolute atomic E-state index is 11.6. The van der Waals surface area contributed by atoms with Gasteiger partial charge in [0.25, 0.3) is 0 Å². The molecular formula is C40H54O4. The van der Waals surface area contributed by atoms with Crippen LogP contribution in [0.3, 0.4) is 0 Å². The normalized spacial score (nSPS) is 19.0. The molecule has 0 spiro atoms. The van der Waals surface area contributed by atoms with E-state index in [0.717, 1.165) is 23.1 Å². The average Bonchev–Trinajstić information content (AvgIpc) is 3.37. The van der Waals surface area contributed by atoms with Crippen molar-refractivity contribution in [2.45, 2.75) is 121 Å². The lowest BCUT2D eigenvalue weighted by atomic mass is 9.80. The zero-order valence-corrected chi connectivity index (χ0v) is 27.2. The Morgan fingerprint density at radius 2 is 1.16 bits per heavy atom. The van der Waals surface area contributed by atoms with Crippen molar-refractivity contribution in [3.05, 3.63) is 120 Å². The van der Waals surface area contributed by atoms with E-state index in [1.54, 1.807) is 0 Å². The zero-order chi connectivity index (χ0) is 31.1. The number of allylic oxidation sites excluding steroid dienone is 1. The van der Waals surface area contributed by atoms with Gasteiger partial charge in [0.1, 0.15) is 23.9 Å². The molecule has 0 bridgehead atoms. The Labute approximate surface area is 266 Å². The molecule has 1 aliphatic rings. The molecule has 1 aliphatic heterocycles. The van der Waals surface area contributed by atoms with Gasteiger partial charge in [-0.05, 0) is 43.4 Å². The van der Waals surface area contributed by atoms with Crippen molar-refractivity contribution < 1.29 is 19.3 Å². The highest BCUT2D eigenvalue weighted by atomic mass is 16.8. The lowest BCUT2D eigenvalue weighted by Crippen LogP contribution is -2.42. The minimum Gasteiger partial charge on any atom is -0.388 e. The smallest absolute Gasteiger partial charge is 0.164 e. The van der Waals surface area contributed by atoms with Crippen LogP contribution >= 0.6 is 0 Å². The molecule has 1 fully saturated rings. The molecule has 4 heteroatoms. The molecule has 0 radical (unpaired) electrons. The van der Waals surface area contributed by atoms with Crippen molar-refractivity contribution in [3.8, 4) is 0 Å². The van der Waals surface area contributed by atoms with Crippen molar-refractivity contribution in [3.63, 3.8) is 0 Å². The third-order valence-electron chi connectivity index (χ3n) is 8.60. The summed E-state index contributed by atoms with van der Waals surface area (Å²) in [5, 5.41) is 11.6. The summed E-state index contributed by atoms with van der Waals surface area (Å²) in [5.41, 5.74) is 2.10. The summed E-state index contributed by atoms with van der Waals surface area (Å²) in [6.07, 6.45) is 16.8. The van der Waals surface area contributed by atoms with Gasteiger partial charge in [0.15, 0.2) is 5.79 Å². The molecule has 4 rings (SSSR count). The third kappa shape index (κ3) is 9.62. The Bertz CT molecular complexity index is 1110. The van der Waals surface area contributed by atoms with E-state index in [-0.39, 0.29) is 12.7 Å². The topological polar surface area (TPSA) is 47.9 Å². The van der Waals surface area contributed by atoms with E-state index in [1.165, 1.54) is 64.2 Å². The predicted octanol–water partition coefficient (Wildman–Crippen LogP) is 9.74. The molecule has 4 nitrogen and oxygen atoms in total. The van der Waals surface area contributed by atoms with Crippen molar-refractivity contribution in [2.24, 2.45) is 0 Å². The number of rotatable bonds is 19. The van der Waals surface area contributed by atoms with Crippen LogP contribution in [0.1, 0.15) is 108 Å². The SMILES string of the molecule is CCCCCCCCCCCC/C=C/[C@H]1OC(C)(C)O[C@H]1[C@H](O)COC(c1ccccc1)(c1ccccc1)c1ccccc1. The summed E-state index contributed by atoms with van der Waals surface area (Å²) in [6.45, 7) is 6.16. The first kappa shape index (κ1) is 34.1. The fraction of sp³-hybridized carbons (Fsp3) is 0.500. The van der Waals surface area contributed by atoms with E-state index < -0.39 is 23.6 Å². The Morgan fingerprint density at radius 1 is 0.705 bits per heavy atom. The number of unbranched alkanes of at least 4 members (excludes halogenated alkanes) is 10. The van der Waals surface area contributed by atoms with Gasteiger partial charge in [0.2, 0.25) is 0 Å². The van der Waals surface area contributed by atoms with Crippen LogP contribution in [0.4, 0.5) is 0 Å². The van der Waals surface area contributed by atoms with E-state index in [0.29, 0.717) is 0 Å². The van der Waals surface area contributed by atoms with Crippen LogP contribution in [-0.4, -0.2) is 35.8 Å². The lowest BCUT2D eigenvalue weighted by molar-refractivity contribution is -0.160. The molecule has 3 aromatic carbocycles. The third-order valence-corrected chi connectivity index (χ3v) is 8.60. The van der Waals surface area contributed by atoms with E-state index in [9.17, 15) is 5.11 Å². The second-order valence-corrected chi connectivity index (χ2v) is 12.6. The number of aliphatic hydroxyl groups excluding tert-OH is 1. The van der Waals surface area contributed by atoms with Crippen molar-refractivity contribution in [1.82, 2.24) is 0 Å². The van der Waals surface area contributed by atoms with Gasteiger partial charge in [0, 0.05) is 0 Å². The lowest BCUT2D eigenvalue weighted by Gasteiger charge is -2.37. The Balaban J connectivity index is 1.39. The number of hydrogen-bond acceptors (Lipinski definition) is 4. The summed E-state index contributed by atoms with van der Waals surface area (Å²) in [4.78, 5) is 0. The van der Waals surface area contributed by atoms with Crippen molar-refractivity contribution in [2.75, 3.05) is 6.61 Å². The van der Waals surface area contributed by atoms with Crippen LogP contribution < -0.4 is 0 Å². The van der Waals surface area contributed by atoms with Crippen LogP contribution in [0.15, 0.2) is 103 Å². The fourth-order valence-corrected chi connectivity index (χ4v) is 6.32. The Kier molecular flexibility index (Phi) is 13.7. The molecule has 0 aromatic heterocycles. The molecule has 3 aromatic rings. The van der Waals surface area contributed by atoms with Crippen LogP contribution in [0, 0.1) is 0 Å². The molecule has 0 aliphatic carbocycles. The maximum Gasteiger partial charge on any atom is 0.164 e. The van der Waals surface area contributed by atoms with Crippen molar-refractivity contribution >= 4 is 0 Å². The quantitative estimate of drug-likeness (QED) is 0.0848. The van der Waals surface area contributed by atoms with Gasteiger partial charge in [-0.2, -0.15) is 0 Å². The molecular weight excluding hydrogens is 544 g/mol. The Hall–Kier alpha value is -2.76. The highest BCUT2D eigenvalue weighted by molar-refractivity contribution is 5.47. The predicted molar refractivity (Wildman–Crippen MR) is 181 cm³/mol. The fourth-order valence-electron chi connectivity index (χ4n) is 6.32.